The Kier molecular flexibility index (Phi) is 4.09. The van der Waals surface area contributed by atoms with Gasteiger partial charge in [-0.2, -0.15) is 0 Å². The van der Waals surface area contributed by atoms with Crippen molar-refractivity contribution in [3.63, 3.8) is 0 Å². The Hall–Kier alpha value is -2.44. The number of hydrogen-bond acceptors (Lipinski definition) is 4. The Balaban J connectivity index is 1.52. The number of carbonyl (C=O) groups excluding carboxylic acids is 1. The molecule has 21 heavy (non-hydrogen) atoms. The fraction of sp³-hybridized carbons (Fsp3) is 0.0667. The standard InChI is InChI=1S/C15H13N3O2S/c19-14(18-20-10-11-6-2-1-3-7-11)17-15-16-12-8-4-5-9-13(12)21-15/h1-9H,10H2,(H2,16,17,18,19). The second-order valence-corrected chi connectivity index (χ2v) is 5.35. The van der Waals surface area contributed by atoms with Crippen molar-refractivity contribution in [3.05, 3.63) is 60.2 Å². The van der Waals surface area contributed by atoms with E-state index in [0.717, 1.165) is 15.8 Å². The van der Waals surface area contributed by atoms with Crippen LogP contribution in [0.5, 0.6) is 0 Å². The van der Waals surface area contributed by atoms with Gasteiger partial charge in [-0.05, 0) is 17.7 Å². The molecule has 3 aromatic rings. The van der Waals surface area contributed by atoms with Crippen molar-refractivity contribution in [1.82, 2.24) is 10.5 Å². The Labute approximate surface area is 125 Å². The van der Waals surface area contributed by atoms with Crippen molar-refractivity contribution < 1.29 is 9.63 Å². The third kappa shape index (κ3) is 3.56. The number of nitrogens with one attached hydrogen (secondary N) is 2. The number of thiazole rings is 1. The first kappa shape index (κ1) is 13.5. The molecule has 0 aliphatic heterocycles. The summed E-state index contributed by atoms with van der Waals surface area (Å²) < 4.78 is 1.03. The lowest BCUT2D eigenvalue weighted by Gasteiger charge is -2.05. The first-order chi connectivity index (χ1) is 10.3. The number of para-hydroxylation sites is 1. The monoisotopic (exact) mass is 299 g/mol. The highest BCUT2D eigenvalue weighted by Crippen LogP contribution is 2.25. The van der Waals surface area contributed by atoms with Crippen molar-refractivity contribution in [3.8, 4) is 0 Å². The van der Waals surface area contributed by atoms with E-state index in [-0.39, 0.29) is 0 Å². The summed E-state index contributed by atoms with van der Waals surface area (Å²) >= 11 is 1.42. The zero-order valence-corrected chi connectivity index (χ0v) is 11.9. The molecule has 0 aliphatic rings. The van der Waals surface area contributed by atoms with Crippen LogP contribution in [0.25, 0.3) is 10.2 Å². The van der Waals surface area contributed by atoms with Crippen LogP contribution in [0.1, 0.15) is 5.56 Å². The molecule has 6 heteroatoms. The average Bonchev–Trinajstić information content (AvgIpc) is 2.90. The Bertz CT molecular complexity index is 710. The molecule has 2 amide bonds. The van der Waals surface area contributed by atoms with Crippen molar-refractivity contribution in [2.45, 2.75) is 6.61 Å². The van der Waals surface area contributed by atoms with Gasteiger partial charge >= 0.3 is 6.03 Å². The Morgan fingerprint density at radius 2 is 1.86 bits per heavy atom. The molecule has 5 nitrogen and oxygen atoms in total. The van der Waals surface area contributed by atoms with Gasteiger partial charge in [0.25, 0.3) is 0 Å². The third-order valence-corrected chi connectivity index (χ3v) is 3.71. The highest BCUT2D eigenvalue weighted by atomic mass is 32.1. The van der Waals surface area contributed by atoms with Gasteiger partial charge in [0.05, 0.1) is 16.8 Å². The van der Waals surface area contributed by atoms with Gasteiger partial charge < -0.3 is 0 Å². The van der Waals surface area contributed by atoms with Gasteiger partial charge in [-0.1, -0.05) is 53.8 Å². The fourth-order valence-corrected chi connectivity index (χ4v) is 2.67. The molecule has 0 atom stereocenters. The minimum Gasteiger partial charge on any atom is -0.282 e. The van der Waals surface area contributed by atoms with Crippen LogP contribution in [0, 0.1) is 0 Å². The van der Waals surface area contributed by atoms with Crippen LogP contribution in [0.2, 0.25) is 0 Å². The summed E-state index contributed by atoms with van der Waals surface area (Å²) in [5.74, 6) is 0. The number of amides is 2. The average molecular weight is 299 g/mol. The summed E-state index contributed by atoms with van der Waals surface area (Å²) in [5, 5.41) is 3.19. The van der Waals surface area contributed by atoms with E-state index < -0.39 is 6.03 Å². The van der Waals surface area contributed by atoms with E-state index in [2.05, 4.69) is 15.8 Å². The van der Waals surface area contributed by atoms with Crippen molar-refractivity contribution in [2.75, 3.05) is 5.32 Å². The molecule has 0 saturated heterocycles. The summed E-state index contributed by atoms with van der Waals surface area (Å²) in [7, 11) is 0. The van der Waals surface area contributed by atoms with E-state index in [1.54, 1.807) is 0 Å². The quantitative estimate of drug-likeness (QED) is 0.724. The van der Waals surface area contributed by atoms with Gasteiger partial charge in [-0.25, -0.2) is 15.3 Å². The smallest absolute Gasteiger partial charge is 0.282 e. The molecule has 0 bridgehead atoms. The molecule has 2 aromatic carbocycles. The highest BCUT2D eigenvalue weighted by molar-refractivity contribution is 7.22. The van der Waals surface area contributed by atoms with Crippen LogP contribution in [0.4, 0.5) is 9.93 Å². The number of benzene rings is 2. The zero-order valence-electron chi connectivity index (χ0n) is 11.1. The van der Waals surface area contributed by atoms with E-state index in [1.807, 2.05) is 54.6 Å². The van der Waals surface area contributed by atoms with Crippen LogP contribution in [0.15, 0.2) is 54.6 Å². The fourth-order valence-electron chi connectivity index (χ4n) is 1.81. The molecule has 0 saturated carbocycles. The van der Waals surface area contributed by atoms with Gasteiger partial charge in [0, 0.05) is 0 Å². The number of nitrogens with zero attached hydrogens (tertiary/aromatic N) is 1. The Morgan fingerprint density at radius 1 is 1.10 bits per heavy atom. The maximum atomic E-state index is 11.7. The van der Waals surface area contributed by atoms with Crippen LogP contribution < -0.4 is 10.8 Å². The molecule has 0 unspecified atom stereocenters. The van der Waals surface area contributed by atoms with Crippen LogP contribution in [-0.4, -0.2) is 11.0 Å². The normalized spacial score (nSPS) is 10.5. The van der Waals surface area contributed by atoms with E-state index in [1.165, 1.54) is 11.3 Å². The van der Waals surface area contributed by atoms with E-state index in [0.29, 0.717) is 11.7 Å². The molecule has 3 rings (SSSR count). The summed E-state index contributed by atoms with van der Waals surface area (Å²) in [6, 6.07) is 16.9. The van der Waals surface area contributed by atoms with Crippen molar-refractivity contribution in [1.29, 1.82) is 0 Å². The number of hydroxylamine groups is 1. The van der Waals surface area contributed by atoms with Gasteiger partial charge in [-0.3, -0.25) is 10.2 Å². The third-order valence-electron chi connectivity index (χ3n) is 2.76. The summed E-state index contributed by atoms with van der Waals surface area (Å²) in [6.45, 7) is 0.314. The van der Waals surface area contributed by atoms with Gasteiger partial charge in [0.1, 0.15) is 0 Å². The number of hydrogen-bond donors (Lipinski definition) is 2. The lowest BCUT2D eigenvalue weighted by atomic mass is 10.2. The molecule has 0 fully saturated rings. The molecule has 1 heterocycles. The van der Waals surface area contributed by atoms with Crippen LogP contribution in [-0.2, 0) is 11.4 Å². The minimum atomic E-state index is -0.440. The summed E-state index contributed by atoms with van der Waals surface area (Å²) in [6.07, 6.45) is 0. The molecule has 2 N–H and O–H groups in total. The number of urea groups is 1. The maximum Gasteiger partial charge on any atom is 0.344 e. The molecule has 0 aliphatic carbocycles. The highest BCUT2D eigenvalue weighted by Gasteiger charge is 2.07. The van der Waals surface area contributed by atoms with Gasteiger partial charge in [-0.15, -0.1) is 0 Å². The largest absolute Gasteiger partial charge is 0.344 e. The topological polar surface area (TPSA) is 63.2 Å². The second kappa shape index (κ2) is 6.34. The molecule has 0 spiro atoms. The summed E-state index contributed by atoms with van der Waals surface area (Å²) in [5.41, 5.74) is 4.19. The first-order valence-electron chi connectivity index (χ1n) is 6.39. The van der Waals surface area contributed by atoms with Crippen molar-refractivity contribution >= 4 is 32.7 Å². The zero-order chi connectivity index (χ0) is 14.5. The molecule has 106 valence electrons. The number of carbonyl (C=O) groups is 1. The minimum absolute atomic E-state index is 0.314. The van der Waals surface area contributed by atoms with Crippen molar-refractivity contribution in [2.24, 2.45) is 0 Å². The molecular weight excluding hydrogens is 286 g/mol. The predicted octanol–water partition coefficient (Wildman–Crippen LogP) is 3.55. The lowest BCUT2D eigenvalue weighted by molar-refractivity contribution is 0.0536. The van der Waals surface area contributed by atoms with Crippen LogP contribution >= 0.6 is 11.3 Å². The molecule has 1 aromatic heterocycles. The number of anilines is 1. The SMILES string of the molecule is O=C(NOCc1ccccc1)Nc1nc2ccccc2s1. The lowest BCUT2D eigenvalue weighted by Crippen LogP contribution is -2.28. The number of aromatic nitrogens is 1. The van der Waals surface area contributed by atoms with E-state index in [4.69, 9.17) is 4.84 Å². The number of rotatable bonds is 4. The predicted molar refractivity (Wildman–Crippen MR) is 83.0 cm³/mol. The molecular formula is C15H13N3O2S. The second-order valence-electron chi connectivity index (χ2n) is 4.32. The molecule has 0 radical (unpaired) electrons. The number of fused-ring (bicyclic) bond motifs is 1. The van der Waals surface area contributed by atoms with Gasteiger partial charge in [0.15, 0.2) is 5.13 Å². The summed E-state index contributed by atoms with van der Waals surface area (Å²) in [4.78, 5) is 21.2. The van der Waals surface area contributed by atoms with Crippen LogP contribution in [0.3, 0.4) is 0 Å². The first-order valence-corrected chi connectivity index (χ1v) is 7.21. The van der Waals surface area contributed by atoms with E-state index in [9.17, 15) is 4.79 Å². The van der Waals surface area contributed by atoms with Gasteiger partial charge in [0.2, 0.25) is 0 Å². The Morgan fingerprint density at radius 3 is 2.67 bits per heavy atom. The van der Waals surface area contributed by atoms with E-state index >= 15 is 0 Å². The maximum absolute atomic E-state index is 11.7.